The smallest absolute Gasteiger partial charge is 0.0266 e. The zero-order valence-corrected chi connectivity index (χ0v) is 11.8. The van der Waals surface area contributed by atoms with E-state index in [0.717, 1.165) is 29.6 Å². The molecule has 0 bridgehead atoms. The van der Waals surface area contributed by atoms with Crippen LogP contribution < -0.4 is 0 Å². The van der Waals surface area contributed by atoms with E-state index >= 15 is 0 Å². The lowest BCUT2D eigenvalue weighted by molar-refractivity contribution is 0.219. The molecule has 5 atom stereocenters. The van der Waals surface area contributed by atoms with E-state index in [1.807, 2.05) is 0 Å². The second kappa shape index (κ2) is 4.47. The van der Waals surface area contributed by atoms with Gasteiger partial charge in [0.15, 0.2) is 0 Å². The summed E-state index contributed by atoms with van der Waals surface area (Å²) in [7, 11) is 0. The summed E-state index contributed by atoms with van der Waals surface area (Å²) in [6, 6.07) is 0. The van der Waals surface area contributed by atoms with Crippen LogP contribution in [0.25, 0.3) is 0 Å². The standard InChI is InChI=1S/C15H30/c1-8-10(2)12(4)11(3)9-15(7)13(5)14(15)6/h10-14H,8-9H2,1-7H3. The van der Waals surface area contributed by atoms with E-state index in [9.17, 15) is 0 Å². The van der Waals surface area contributed by atoms with Gasteiger partial charge < -0.3 is 0 Å². The van der Waals surface area contributed by atoms with Crippen molar-refractivity contribution in [1.82, 2.24) is 0 Å². The zero-order chi connectivity index (χ0) is 11.8. The molecule has 0 aromatic rings. The molecule has 0 aromatic heterocycles. The van der Waals surface area contributed by atoms with Crippen molar-refractivity contribution in [2.45, 2.75) is 61.3 Å². The Hall–Kier alpha value is 0. The predicted molar refractivity (Wildman–Crippen MR) is 68.8 cm³/mol. The monoisotopic (exact) mass is 210 g/mol. The van der Waals surface area contributed by atoms with E-state index in [1.54, 1.807) is 0 Å². The van der Waals surface area contributed by atoms with Crippen molar-refractivity contribution in [3.8, 4) is 0 Å². The van der Waals surface area contributed by atoms with Gasteiger partial charge >= 0.3 is 0 Å². The van der Waals surface area contributed by atoms with Crippen molar-refractivity contribution < 1.29 is 0 Å². The van der Waals surface area contributed by atoms with Crippen LogP contribution in [0.5, 0.6) is 0 Å². The molecule has 0 aliphatic heterocycles. The Morgan fingerprint density at radius 2 is 1.47 bits per heavy atom. The molecular formula is C15H30. The quantitative estimate of drug-likeness (QED) is 0.600. The molecule has 0 N–H and O–H groups in total. The summed E-state index contributed by atoms with van der Waals surface area (Å²) in [6.07, 6.45) is 2.76. The lowest BCUT2D eigenvalue weighted by Gasteiger charge is -2.28. The van der Waals surface area contributed by atoms with Gasteiger partial charge in [0.2, 0.25) is 0 Å². The molecule has 0 aromatic carbocycles. The predicted octanol–water partition coefficient (Wildman–Crippen LogP) is 4.99. The van der Waals surface area contributed by atoms with Crippen LogP contribution in [-0.2, 0) is 0 Å². The first kappa shape index (κ1) is 13.1. The summed E-state index contributed by atoms with van der Waals surface area (Å²) in [6.45, 7) is 17.0. The van der Waals surface area contributed by atoms with Crippen molar-refractivity contribution in [2.75, 3.05) is 0 Å². The highest BCUT2D eigenvalue weighted by molar-refractivity contribution is 5.03. The van der Waals surface area contributed by atoms with E-state index < -0.39 is 0 Å². The van der Waals surface area contributed by atoms with Crippen molar-refractivity contribution in [1.29, 1.82) is 0 Å². The minimum absolute atomic E-state index is 0.654. The van der Waals surface area contributed by atoms with Gasteiger partial charge in [0.25, 0.3) is 0 Å². The SMILES string of the molecule is CCC(C)C(C)C(C)CC1(C)C(C)C1C. The molecule has 15 heavy (non-hydrogen) atoms. The summed E-state index contributed by atoms with van der Waals surface area (Å²) in [5.74, 6) is 4.55. The lowest BCUT2D eigenvalue weighted by atomic mass is 9.78. The van der Waals surface area contributed by atoms with Gasteiger partial charge in [0.1, 0.15) is 0 Å². The molecule has 0 heterocycles. The Balaban J connectivity index is 2.46. The van der Waals surface area contributed by atoms with Crippen LogP contribution in [0.1, 0.15) is 61.3 Å². The van der Waals surface area contributed by atoms with Crippen LogP contribution in [0.3, 0.4) is 0 Å². The van der Waals surface area contributed by atoms with Crippen LogP contribution in [0.2, 0.25) is 0 Å². The van der Waals surface area contributed by atoms with Gasteiger partial charge in [0, 0.05) is 0 Å². The first-order valence-corrected chi connectivity index (χ1v) is 6.84. The Labute approximate surface area is 96.8 Å². The first-order chi connectivity index (χ1) is 6.84. The third-order valence-electron chi connectivity index (χ3n) is 5.92. The summed E-state index contributed by atoms with van der Waals surface area (Å²) < 4.78 is 0. The number of hydrogen-bond acceptors (Lipinski definition) is 0. The van der Waals surface area contributed by atoms with Gasteiger partial charge in [-0.2, -0.15) is 0 Å². The summed E-state index contributed by atoms with van der Waals surface area (Å²) in [4.78, 5) is 0. The molecule has 1 saturated carbocycles. The molecule has 5 unspecified atom stereocenters. The van der Waals surface area contributed by atoms with Crippen molar-refractivity contribution in [3.05, 3.63) is 0 Å². The average molecular weight is 210 g/mol. The molecule has 0 amide bonds. The Morgan fingerprint density at radius 3 is 1.80 bits per heavy atom. The minimum atomic E-state index is 0.654. The Kier molecular flexibility index (Phi) is 3.90. The fourth-order valence-corrected chi connectivity index (χ4v) is 3.25. The molecule has 1 aliphatic carbocycles. The zero-order valence-electron chi connectivity index (χ0n) is 11.8. The molecule has 0 heteroatoms. The molecular weight excluding hydrogens is 180 g/mol. The van der Waals surface area contributed by atoms with E-state index in [-0.39, 0.29) is 0 Å². The third kappa shape index (κ3) is 2.40. The fourth-order valence-electron chi connectivity index (χ4n) is 3.25. The second-order valence-corrected chi connectivity index (χ2v) is 6.51. The van der Waals surface area contributed by atoms with Crippen molar-refractivity contribution in [2.24, 2.45) is 35.0 Å². The van der Waals surface area contributed by atoms with Gasteiger partial charge in [-0.1, -0.05) is 54.9 Å². The molecule has 90 valence electrons. The van der Waals surface area contributed by atoms with Crippen LogP contribution >= 0.6 is 0 Å². The third-order valence-corrected chi connectivity index (χ3v) is 5.92. The summed E-state index contributed by atoms with van der Waals surface area (Å²) in [5, 5.41) is 0. The van der Waals surface area contributed by atoms with Gasteiger partial charge in [-0.15, -0.1) is 0 Å². The lowest BCUT2D eigenvalue weighted by Crippen LogP contribution is -2.19. The van der Waals surface area contributed by atoms with Crippen LogP contribution in [0.15, 0.2) is 0 Å². The number of rotatable bonds is 5. The molecule has 0 radical (unpaired) electrons. The average Bonchev–Trinajstić information content (AvgIpc) is 2.67. The van der Waals surface area contributed by atoms with Crippen LogP contribution in [0.4, 0.5) is 0 Å². The fraction of sp³-hybridized carbons (Fsp3) is 1.00. The van der Waals surface area contributed by atoms with Gasteiger partial charge in [0.05, 0.1) is 0 Å². The summed E-state index contributed by atoms with van der Waals surface area (Å²) >= 11 is 0. The van der Waals surface area contributed by atoms with Crippen LogP contribution in [-0.4, -0.2) is 0 Å². The Morgan fingerprint density at radius 1 is 1.00 bits per heavy atom. The Bertz CT molecular complexity index is 198. The molecule has 1 aliphatic rings. The van der Waals surface area contributed by atoms with Gasteiger partial charge in [-0.05, 0) is 41.4 Å². The van der Waals surface area contributed by atoms with Crippen LogP contribution in [0, 0.1) is 35.0 Å². The minimum Gasteiger partial charge on any atom is -0.0651 e. The molecule has 1 rings (SSSR count). The maximum absolute atomic E-state index is 2.49. The highest BCUT2D eigenvalue weighted by Gasteiger charge is 2.55. The molecule has 0 saturated heterocycles. The molecule has 0 nitrogen and oxygen atoms in total. The summed E-state index contributed by atoms with van der Waals surface area (Å²) in [5.41, 5.74) is 0.654. The second-order valence-electron chi connectivity index (χ2n) is 6.51. The maximum atomic E-state index is 2.49. The van der Waals surface area contributed by atoms with E-state index in [0.29, 0.717) is 5.41 Å². The molecule has 1 fully saturated rings. The highest BCUT2D eigenvalue weighted by atomic mass is 14.6. The maximum Gasteiger partial charge on any atom is -0.0266 e. The highest BCUT2D eigenvalue weighted by Crippen LogP contribution is 2.62. The largest absolute Gasteiger partial charge is 0.0651 e. The van der Waals surface area contributed by atoms with Gasteiger partial charge in [-0.25, -0.2) is 0 Å². The van der Waals surface area contributed by atoms with Gasteiger partial charge in [-0.3, -0.25) is 0 Å². The van der Waals surface area contributed by atoms with E-state index in [4.69, 9.17) is 0 Å². The molecule has 0 spiro atoms. The van der Waals surface area contributed by atoms with E-state index in [1.165, 1.54) is 12.8 Å². The first-order valence-electron chi connectivity index (χ1n) is 6.84. The normalized spacial score (nSPS) is 41.0. The van der Waals surface area contributed by atoms with Crippen molar-refractivity contribution >= 4 is 0 Å². The van der Waals surface area contributed by atoms with Crippen molar-refractivity contribution in [3.63, 3.8) is 0 Å². The number of hydrogen-bond donors (Lipinski definition) is 0. The van der Waals surface area contributed by atoms with E-state index in [2.05, 4.69) is 48.5 Å². The topological polar surface area (TPSA) is 0 Å².